The molecule has 0 atom stereocenters. The zero-order valence-corrected chi connectivity index (χ0v) is 13.5. The molecule has 0 bridgehead atoms. The highest BCUT2D eigenvalue weighted by molar-refractivity contribution is 5.93. The Hall–Kier alpha value is -2.34. The summed E-state index contributed by atoms with van der Waals surface area (Å²) in [4.78, 5) is 16.4. The molecule has 1 aromatic heterocycles. The van der Waals surface area contributed by atoms with Gasteiger partial charge in [-0.3, -0.25) is 9.69 Å². The summed E-state index contributed by atoms with van der Waals surface area (Å²) in [5.41, 5.74) is 0.608. The molecule has 0 N–H and O–H groups in total. The Morgan fingerprint density at radius 3 is 2.54 bits per heavy atom. The predicted molar refractivity (Wildman–Crippen MR) is 87.6 cm³/mol. The Labute approximate surface area is 140 Å². The van der Waals surface area contributed by atoms with Crippen LogP contribution in [0.4, 0.5) is 4.39 Å². The van der Waals surface area contributed by atoms with E-state index in [0.717, 1.165) is 39.1 Å². The minimum atomic E-state index is -0.259. The quantitative estimate of drug-likeness (QED) is 0.763. The molecule has 2 heterocycles. The number of halogens is 1. The summed E-state index contributed by atoms with van der Waals surface area (Å²) >= 11 is 0. The number of benzene rings is 1. The maximum Gasteiger partial charge on any atom is 0.257 e. The van der Waals surface area contributed by atoms with Crippen LogP contribution < -0.4 is 4.74 Å². The molecule has 3 rings (SSSR count). The normalized spacial score (nSPS) is 15.5. The Bertz CT molecular complexity index is 635. The van der Waals surface area contributed by atoms with Gasteiger partial charge in [-0.05, 0) is 36.8 Å². The smallest absolute Gasteiger partial charge is 0.257 e. The highest BCUT2D eigenvalue weighted by Gasteiger charge is 2.22. The van der Waals surface area contributed by atoms with Crippen molar-refractivity contribution in [1.29, 1.82) is 0 Å². The average molecular weight is 332 g/mol. The molecule has 0 radical (unpaired) electrons. The number of nitrogens with zero attached hydrogens (tertiary/aromatic N) is 2. The monoisotopic (exact) mass is 332 g/mol. The molecule has 0 saturated carbocycles. The fourth-order valence-corrected chi connectivity index (χ4v) is 2.75. The molecule has 1 aromatic carbocycles. The summed E-state index contributed by atoms with van der Waals surface area (Å²) in [6.45, 7) is 4.70. The largest absolute Gasteiger partial charge is 0.494 e. The predicted octanol–water partition coefficient (Wildman–Crippen LogP) is 2.65. The third-order valence-corrected chi connectivity index (χ3v) is 4.13. The molecule has 1 aliphatic heterocycles. The van der Waals surface area contributed by atoms with Crippen LogP contribution in [-0.4, -0.2) is 55.0 Å². The van der Waals surface area contributed by atoms with Crippen LogP contribution in [0.2, 0.25) is 0 Å². The van der Waals surface area contributed by atoms with Crippen molar-refractivity contribution in [1.82, 2.24) is 9.80 Å². The van der Waals surface area contributed by atoms with E-state index < -0.39 is 0 Å². The number of amides is 1. The molecule has 2 aromatic rings. The van der Waals surface area contributed by atoms with Gasteiger partial charge in [0, 0.05) is 32.7 Å². The van der Waals surface area contributed by atoms with Gasteiger partial charge in [-0.15, -0.1) is 0 Å². The van der Waals surface area contributed by atoms with Gasteiger partial charge in [0.1, 0.15) is 17.8 Å². The summed E-state index contributed by atoms with van der Waals surface area (Å²) < 4.78 is 23.4. The molecular formula is C18H21FN2O3. The fraction of sp³-hybridized carbons (Fsp3) is 0.389. The van der Waals surface area contributed by atoms with E-state index in [0.29, 0.717) is 17.9 Å². The summed E-state index contributed by atoms with van der Waals surface area (Å²) in [5.74, 6) is 0.458. The van der Waals surface area contributed by atoms with E-state index in [2.05, 4.69) is 4.90 Å². The summed E-state index contributed by atoms with van der Waals surface area (Å²) in [6, 6.07) is 7.75. The molecule has 6 heteroatoms. The summed E-state index contributed by atoms with van der Waals surface area (Å²) in [5, 5.41) is 0. The van der Waals surface area contributed by atoms with Crippen LogP contribution in [0.25, 0.3) is 0 Å². The van der Waals surface area contributed by atoms with Crippen molar-refractivity contribution in [2.24, 2.45) is 0 Å². The fourth-order valence-electron chi connectivity index (χ4n) is 2.75. The van der Waals surface area contributed by atoms with Gasteiger partial charge in [0.15, 0.2) is 0 Å². The van der Waals surface area contributed by atoms with E-state index in [-0.39, 0.29) is 11.7 Å². The van der Waals surface area contributed by atoms with Crippen LogP contribution in [0.15, 0.2) is 47.3 Å². The molecule has 1 fully saturated rings. The van der Waals surface area contributed by atoms with E-state index in [1.807, 2.05) is 4.90 Å². The standard InChI is InChI=1S/C18H21FN2O3/c19-16-2-4-17(5-3-16)24-12-1-7-20-8-10-21(11-9-20)18(22)15-6-13-23-14-15/h2-6,13-14H,1,7-12H2. The van der Waals surface area contributed by atoms with Gasteiger partial charge in [-0.1, -0.05) is 0 Å². The number of ether oxygens (including phenoxy) is 1. The van der Waals surface area contributed by atoms with Crippen molar-refractivity contribution in [3.63, 3.8) is 0 Å². The zero-order valence-electron chi connectivity index (χ0n) is 13.5. The summed E-state index contributed by atoms with van der Waals surface area (Å²) in [6.07, 6.45) is 3.90. The molecule has 0 spiro atoms. The maximum atomic E-state index is 12.8. The van der Waals surface area contributed by atoms with Crippen LogP contribution >= 0.6 is 0 Å². The topological polar surface area (TPSA) is 45.9 Å². The molecular weight excluding hydrogens is 311 g/mol. The first kappa shape index (κ1) is 16.5. The maximum absolute atomic E-state index is 12.8. The summed E-state index contributed by atoms with van der Waals surface area (Å²) in [7, 11) is 0. The van der Waals surface area contributed by atoms with Crippen LogP contribution in [0.5, 0.6) is 5.75 Å². The second-order valence-corrected chi connectivity index (χ2v) is 5.80. The Balaban J connectivity index is 1.34. The SMILES string of the molecule is O=C(c1ccoc1)N1CCN(CCCOc2ccc(F)cc2)CC1. The molecule has 0 aliphatic carbocycles. The highest BCUT2D eigenvalue weighted by atomic mass is 19.1. The van der Waals surface area contributed by atoms with Gasteiger partial charge >= 0.3 is 0 Å². The van der Waals surface area contributed by atoms with Crippen molar-refractivity contribution in [2.45, 2.75) is 6.42 Å². The van der Waals surface area contributed by atoms with E-state index in [4.69, 9.17) is 9.15 Å². The van der Waals surface area contributed by atoms with Crippen LogP contribution in [-0.2, 0) is 0 Å². The second-order valence-electron chi connectivity index (χ2n) is 5.80. The number of carbonyl (C=O) groups is 1. The van der Waals surface area contributed by atoms with Gasteiger partial charge in [0.2, 0.25) is 0 Å². The van der Waals surface area contributed by atoms with Crippen LogP contribution in [0.1, 0.15) is 16.8 Å². The third kappa shape index (κ3) is 4.35. The minimum Gasteiger partial charge on any atom is -0.494 e. The molecule has 128 valence electrons. The van der Waals surface area contributed by atoms with Crippen molar-refractivity contribution >= 4 is 5.91 Å². The van der Waals surface area contributed by atoms with Crippen molar-refractivity contribution in [2.75, 3.05) is 39.3 Å². The second kappa shape index (κ2) is 7.97. The van der Waals surface area contributed by atoms with Gasteiger partial charge in [0.05, 0.1) is 18.4 Å². The first-order valence-corrected chi connectivity index (χ1v) is 8.14. The zero-order chi connectivity index (χ0) is 16.8. The van der Waals surface area contributed by atoms with Gasteiger partial charge in [-0.25, -0.2) is 4.39 Å². The lowest BCUT2D eigenvalue weighted by molar-refractivity contribution is 0.0630. The van der Waals surface area contributed by atoms with Gasteiger partial charge in [0.25, 0.3) is 5.91 Å². The number of hydrogen-bond donors (Lipinski definition) is 0. The minimum absolute atomic E-state index is 0.0306. The number of carbonyl (C=O) groups excluding carboxylic acids is 1. The molecule has 1 aliphatic rings. The lowest BCUT2D eigenvalue weighted by Crippen LogP contribution is -2.48. The molecule has 0 unspecified atom stereocenters. The number of furan rings is 1. The molecule has 5 nitrogen and oxygen atoms in total. The lowest BCUT2D eigenvalue weighted by atomic mass is 10.2. The van der Waals surface area contributed by atoms with Crippen molar-refractivity contribution in [3.05, 3.63) is 54.2 Å². The van der Waals surface area contributed by atoms with Gasteiger partial charge in [-0.2, -0.15) is 0 Å². The third-order valence-electron chi connectivity index (χ3n) is 4.13. The van der Waals surface area contributed by atoms with Crippen LogP contribution in [0.3, 0.4) is 0 Å². The first-order chi connectivity index (χ1) is 11.7. The van der Waals surface area contributed by atoms with E-state index >= 15 is 0 Å². The van der Waals surface area contributed by atoms with Crippen molar-refractivity contribution in [3.8, 4) is 5.75 Å². The average Bonchev–Trinajstić information content (AvgIpc) is 3.15. The Kier molecular flexibility index (Phi) is 5.48. The molecule has 24 heavy (non-hydrogen) atoms. The van der Waals surface area contributed by atoms with Gasteiger partial charge < -0.3 is 14.1 Å². The number of hydrogen-bond acceptors (Lipinski definition) is 4. The Morgan fingerprint density at radius 2 is 1.88 bits per heavy atom. The number of piperazine rings is 1. The van der Waals surface area contributed by atoms with E-state index in [1.165, 1.54) is 24.7 Å². The lowest BCUT2D eigenvalue weighted by Gasteiger charge is -2.34. The van der Waals surface area contributed by atoms with Crippen molar-refractivity contribution < 1.29 is 18.3 Å². The van der Waals surface area contributed by atoms with Crippen LogP contribution in [0, 0.1) is 5.82 Å². The first-order valence-electron chi connectivity index (χ1n) is 8.14. The molecule has 1 saturated heterocycles. The highest BCUT2D eigenvalue weighted by Crippen LogP contribution is 2.12. The molecule has 1 amide bonds. The van der Waals surface area contributed by atoms with E-state index in [1.54, 1.807) is 18.2 Å². The number of rotatable bonds is 6. The Morgan fingerprint density at radius 1 is 1.12 bits per heavy atom. The van der Waals surface area contributed by atoms with E-state index in [9.17, 15) is 9.18 Å².